The first-order valence-corrected chi connectivity index (χ1v) is 5.47. The second-order valence-electron chi connectivity index (χ2n) is 3.46. The Hall–Kier alpha value is -1.29. The molecule has 0 aliphatic rings. The quantitative estimate of drug-likeness (QED) is 0.862. The Morgan fingerprint density at radius 2 is 1.93 bits per heavy atom. The average Bonchev–Trinajstić information content (AvgIpc) is 2.47. The van der Waals surface area contributed by atoms with Gasteiger partial charge in [0, 0.05) is 10.0 Å². The van der Waals surface area contributed by atoms with Gasteiger partial charge in [-0.3, -0.25) is 0 Å². The van der Waals surface area contributed by atoms with E-state index in [0.29, 0.717) is 5.82 Å². The predicted octanol–water partition coefficient (Wildman–Crippen LogP) is 2.83. The number of nitrogen functional groups attached to an aromatic ring is 1. The van der Waals surface area contributed by atoms with Crippen LogP contribution in [0.2, 0.25) is 0 Å². The molecule has 0 aliphatic heterocycles. The maximum absolute atomic E-state index is 5.98. The number of aryl methyl sites for hydroxylation is 1. The lowest BCUT2D eigenvalue weighted by molar-refractivity contribution is 0.868. The van der Waals surface area contributed by atoms with Crippen LogP contribution < -0.4 is 5.73 Å². The second-order valence-corrected chi connectivity index (χ2v) is 4.31. The van der Waals surface area contributed by atoms with Crippen molar-refractivity contribution >= 4 is 21.7 Å². The molecule has 0 atom stereocenters. The van der Waals surface area contributed by atoms with Crippen molar-refractivity contribution in [2.24, 2.45) is 0 Å². The Kier molecular flexibility index (Phi) is 2.52. The summed E-state index contributed by atoms with van der Waals surface area (Å²) in [5.74, 6) is 0.694. The molecule has 15 heavy (non-hydrogen) atoms. The van der Waals surface area contributed by atoms with Crippen molar-refractivity contribution in [3.8, 4) is 5.69 Å². The summed E-state index contributed by atoms with van der Waals surface area (Å²) in [6.45, 7) is 3.93. The lowest BCUT2D eigenvalue weighted by Gasteiger charge is -2.06. The third kappa shape index (κ3) is 1.65. The Morgan fingerprint density at radius 1 is 1.27 bits per heavy atom. The van der Waals surface area contributed by atoms with Crippen LogP contribution in [0.4, 0.5) is 5.82 Å². The fraction of sp³-hybridized carbons (Fsp3) is 0.182. The Bertz CT molecular complexity index is 503. The van der Waals surface area contributed by atoms with Gasteiger partial charge in [0.1, 0.15) is 5.82 Å². The molecule has 1 aromatic carbocycles. The fourth-order valence-corrected chi connectivity index (χ4v) is 1.88. The highest BCUT2D eigenvalue weighted by Crippen LogP contribution is 2.25. The van der Waals surface area contributed by atoms with Crippen LogP contribution in [0.1, 0.15) is 11.3 Å². The minimum Gasteiger partial charge on any atom is -0.383 e. The average molecular weight is 266 g/mol. The predicted molar refractivity (Wildman–Crippen MR) is 65.2 cm³/mol. The van der Waals surface area contributed by atoms with Crippen molar-refractivity contribution < 1.29 is 0 Å². The minimum atomic E-state index is 0.694. The molecule has 3 nitrogen and oxygen atoms in total. The van der Waals surface area contributed by atoms with Gasteiger partial charge >= 0.3 is 0 Å². The van der Waals surface area contributed by atoms with Crippen molar-refractivity contribution in [3.63, 3.8) is 0 Å². The number of benzene rings is 1. The van der Waals surface area contributed by atoms with Gasteiger partial charge in [-0.15, -0.1) is 0 Å². The lowest BCUT2D eigenvalue weighted by Crippen LogP contribution is -2.02. The largest absolute Gasteiger partial charge is 0.383 e. The van der Waals surface area contributed by atoms with Gasteiger partial charge in [-0.1, -0.05) is 12.1 Å². The number of aromatic nitrogens is 2. The number of nitrogens with zero attached hydrogens (tertiary/aromatic N) is 2. The van der Waals surface area contributed by atoms with E-state index in [4.69, 9.17) is 5.73 Å². The number of anilines is 1. The summed E-state index contributed by atoms with van der Waals surface area (Å²) < 4.78 is 2.74. The Labute approximate surface area is 97.0 Å². The molecule has 78 valence electrons. The van der Waals surface area contributed by atoms with Crippen molar-refractivity contribution in [2.75, 3.05) is 5.73 Å². The van der Waals surface area contributed by atoms with Crippen LogP contribution in [0, 0.1) is 13.8 Å². The van der Waals surface area contributed by atoms with Gasteiger partial charge < -0.3 is 5.73 Å². The van der Waals surface area contributed by atoms with E-state index < -0.39 is 0 Å². The highest BCUT2D eigenvalue weighted by atomic mass is 79.9. The summed E-state index contributed by atoms with van der Waals surface area (Å²) in [6.07, 6.45) is 0. The van der Waals surface area contributed by atoms with Crippen LogP contribution in [0.15, 0.2) is 28.7 Å². The molecule has 0 aliphatic carbocycles. The highest BCUT2D eigenvalue weighted by molar-refractivity contribution is 9.10. The van der Waals surface area contributed by atoms with Crippen LogP contribution in [0.25, 0.3) is 5.69 Å². The zero-order valence-electron chi connectivity index (χ0n) is 8.66. The first-order chi connectivity index (χ1) is 7.11. The van der Waals surface area contributed by atoms with E-state index in [9.17, 15) is 0 Å². The van der Waals surface area contributed by atoms with Gasteiger partial charge in [0.15, 0.2) is 0 Å². The topological polar surface area (TPSA) is 43.8 Å². The molecule has 0 saturated heterocycles. The maximum atomic E-state index is 5.98. The van der Waals surface area contributed by atoms with Crippen LogP contribution in [-0.2, 0) is 0 Å². The number of rotatable bonds is 1. The third-order valence-corrected chi connectivity index (χ3v) is 3.16. The van der Waals surface area contributed by atoms with Gasteiger partial charge in [0.25, 0.3) is 0 Å². The second kappa shape index (κ2) is 3.70. The van der Waals surface area contributed by atoms with E-state index in [2.05, 4.69) is 21.0 Å². The summed E-state index contributed by atoms with van der Waals surface area (Å²) in [6, 6.07) is 7.88. The van der Waals surface area contributed by atoms with E-state index in [1.54, 1.807) is 4.68 Å². The summed E-state index contributed by atoms with van der Waals surface area (Å²) in [4.78, 5) is 0. The zero-order valence-corrected chi connectivity index (χ0v) is 10.2. The number of nitrogens with two attached hydrogens (primary N) is 1. The minimum absolute atomic E-state index is 0.694. The Morgan fingerprint density at radius 3 is 2.47 bits per heavy atom. The smallest absolute Gasteiger partial charge is 0.130 e. The SMILES string of the molecule is Cc1nn(-c2ccccc2Br)c(N)c1C. The van der Waals surface area contributed by atoms with E-state index in [1.807, 2.05) is 38.1 Å². The fourth-order valence-electron chi connectivity index (χ4n) is 1.43. The van der Waals surface area contributed by atoms with Crippen LogP contribution in [-0.4, -0.2) is 9.78 Å². The zero-order chi connectivity index (χ0) is 11.0. The molecule has 0 saturated carbocycles. The monoisotopic (exact) mass is 265 g/mol. The molecule has 0 spiro atoms. The molecule has 2 rings (SSSR count). The van der Waals surface area contributed by atoms with Crippen molar-refractivity contribution in [2.45, 2.75) is 13.8 Å². The number of hydrogen-bond donors (Lipinski definition) is 1. The molecule has 2 aromatic rings. The molecule has 4 heteroatoms. The van der Waals surface area contributed by atoms with E-state index in [-0.39, 0.29) is 0 Å². The molecule has 2 N–H and O–H groups in total. The van der Waals surface area contributed by atoms with Gasteiger partial charge in [-0.2, -0.15) is 5.10 Å². The van der Waals surface area contributed by atoms with Gasteiger partial charge in [0.05, 0.1) is 11.4 Å². The Balaban J connectivity index is 2.65. The molecular weight excluding hydrogens is 254 g/mol. The standard InChI is InChI=1S/C11H12BrN3/c1-7-8(2)14-15(11(7)13)10-6-4-3-5-9(10)12/h3-6H,13H2,1-2H3. The summed E-state index contributed by atoms with van der Waals surface area (Å²) >= 11 is 3.48. The third-order valence-electron chi connectivity index (χ3n) is 2.49. The number of para-hydroxylation sites is 1. The first-order valence-electron chi connectivity index (χ1n) is 4.68. The summed E-state index contributed by atoms with van der Waals surface area (Å²) in [5.41, 5.74) is 8.94. The molecule has 0 fully saturated rings. The summed E-state index contributed by atoms with van der Waals surface area (Å²) in [7, 11) is 0. The molecule has 1 heterocycles. The van der Waals surface area contributed by atoms with Crippen LogP contribution >= 0.6 is 15.9 Å². The van der Waals surface area contributed by atoms with Crippen molar-refractivity contribution in [1.29, 1.82) is 0 Å². The lowest BCUT2D eigenvalue weighted by atomic mass is 10.3. The van der Waals surface area contributed by atoms with Gasteiger partial charge in [0.2, 0.25) is 0 Å². The molecule has 0 radical (unpaired) electrons. The highest BCUT2D eigenvalue weighted by Gasteiger charge is 2.11. The first kappa shape index (κ1) is 10.2. The van der Waals surface area contributed by atoms with Crippen molar-refractivity contribution in [3.05, 3.63) is 40.0 Å². The number of halogens is 1. The molecular formula is C11H12BrN3. The maximum Gasteiger partial charge on any atom is 0.130 e. The van der Waals surface area contributed by atoms with Gasteiger partial charge in [-0.05, 0) is 41.9 Å². The van der Waals surface area contributed by atoms with Crippen molar-refractivity contribution in [1.82, 2.24) is 9.78 Å². The van der Waals surface area contributed by atoms with E-state index in [0.717, 1.165) is 21.4 Å². The normalized spacial score (nSPS) is 10.6. The van der Waals surface area contributed by atoms with Crippen LogP contribution in [0.5, 0.6) is 0 Å². The molecule has 0 unspecified atom stereocenters. The van der Waals surface area contributed by atoms with E-state index >= 15 is 0 Å². The molecule has 0 amide bonds. The number of hydrogen-bond acceptors (Lipinski definition) is 2. The van der Waals surface area contributed by atoms with Crippen LogP contribution in [0.3, 0.4) is 0 Å². The molecule has 1 aromatic heterocycles. The summed E-state index contributed by atoms with van der Waals surface area (Å²) in [5, 5.41) is 4.40. The van der Waals surface area contributed by atoms with Gasteiger partial charge in [-0.25, -0.2) is 4.68 Å². The van der Waals surface area contributed by atoms with E-state index in [1.165, 1.54) is 0 Å². The molecule has 0 bridgehead atoms.